The van der Waals surface area contributed by atoms with Gasteiger partial charge in [-0.05, 0) is 67.9 Å². The van der Waals surface area contributed by atoms with Crippen molar-refractivity contribution in [3.05, 3.63) is 72.3 Å². The number of likely N-dealkylation sites (tertiary alicyclic amines) is 1. The Bertz CT molecular complexity index is 913. The van der Waals surface area contributed by atoms with Crippen LogP contribution < -0.4 is 10.1 Å². The second-order valence-corrected chi connectivity index (χ2v) is 7.37. The number of aromatic nitrogens is 2. The van der Waals surface area contributed by atoms with Gasteiger partial charge >= 0.3 is 0 Å². The third-order valence-electron chi connectivity index (χ3n) is 5.18. The van der Waals surface area contributed by atoms with Crippen molar-refractivity contribution in [3.8, 4) is 17.1 Å². The molecule has 3 aromatic rings. The van der Waals surface area contributed by atoms with Gasteiger partial charge in [0, 0.05) is 48.3 Å². The molecule has 1 unspecified atom stereocenters. The zero-order valence-corrected chi connectivity index (χ0v) is 16.5. The molecule has 1 aliphatic rings. The number of nitrogens with zero attached hydrogens (tertiary/aromatic N) is 3. The van der Waals surface area contributed by atoms with Gasteiger partial charge in [0.15, 0.2) is 5.82 Å². The number of anilines is 1. The van der Waals surface area contributed by atoms with E-state index in [9.17, 15) is 4.39 Å². The molecule has 0 amide bonds. The number of piperidine rings is 1. The minimum Gasteiger partial charge on any atom is -0.497 e. The van der Waals surface area contributed by atoms with E-state index in [4.69, 9.17) is 4.74 Å². The lowest BCUT2D eigenvalue weighted by atomic mass is 10.0. The van der Waals surface area contributed by atoms with Crippen LogP contribution >= 0.6 is 0 Å². The van der Waals surface area contributed by atoms with Gasteiger partial charge in [-0.3, -0.25) is 4.90 Å². The zero-order chi connectivity index (χ0) is 20.1. The van der Waals surface area contributed by atoms with Gasteiger partial charge in [-0.2, -0.15) is 0 Å². The predicted octanol–water partition coefficient (Wildman–Crippen LogP) is 4.37. The molecule has 0 saturated carbocycles. The summed E-state index contributed by atoms with van der Waals surface area (Å²) in [5, 5.41) is 3.51. The molecule has 2 heterocycles. The van der Waals surface area contributed by atoms with Crippen molar-refractivity contribution in [2.24, 2.45) is 0 Å². The van der Waals surface area contributed by atoms with Crippen LogP contribution in [0.5, 0.6) is 5.75 Å². The van der Waals surface area contributed by atoms with Crippen LogP contribution in [-0.4, -0.2) is 41.1 Å². The molecule has 6 heteroatoms. The van der Waals surface area contributed by atoms with Crippen molar-refractivity contribution in [2.75, 3.05) is 25.5 Å². The van der Waals surface area contributed by atoms with Crippen LogP contribution in [-0.2, 0) is 6.54 Å². The minimum absolute atomic E-state index is 0.209. The molecule has 1 aliphatic heterocycles. The van der Waals surface area contributed by atoms with Crippen LogP contribution in [0.3, 0.4) is 0 Å². The van der Waals surface area contributed by atoms with E-state index in [-0.39, 0.29) is 5.82 Å². The van der Waals surface area contributed by atoms with Crippen molar-refractivity contribution in [1.29, 1.82) is 0 Å². The number of methoxy groups -OCH3 is 1. The first kappa shape index (κ1) is 19.3. The molecular formula is C23H25FN4O. The summed E-state index contributed by atoms with van der Waals surface area (Å²) >= 11 is 0. The standard InChI is InChI=1S/C23H25FN4O/c1-29-22-10-4-18(5-11-22)23-25-13-17(14-26-23)15-28-12-2-3-21(16-28)27-20-8-6-19(24)7-9-20/h4-11,13-14,21,27H,2-3,12,15-16H2,1H3. The van der Waals surface area contributed by atoms with E-state index in [0.29, 0.717) is 11.9 Å². The fourth-order valence-electron chi connectivity index (χ4n) is 3.68. The van der Waals surface area contributed by atoms with Gasteiger partial charge in [0.2, 0.25) is 0 Å². The lowest BCUT2D eigenvalue weighted by Gasteiger charge is -2.33. The fraction of sp³-hybridized carbons (Fsp3) is 0.304. The fourth-order valence-corrected chi connectivity index (χ4v) is 3.68. The predicted molar refractivity (Wildman–Crippen MR) is 112 cm³/mol. The Morgan fingerprint density at radius 2 is 1.79 bits per heavy atom. The van der Waals surface area contributed by atoms with E-state index in [2.05, 4.69) is 20.2 Å². The number of rotatable bonds is 6. The van der Waals surface area contributed by atoms with Crippen molar-refractivity contribution in [3.63, 3.8) is 0 Å². The highest BCUT2D eigenvalue weighted by Crippen LogP contribution is 2.20. The highest BCUT2D eigenvalue weighted by atomic mass is 19.1. The summed E-state index contributed by atoms with van der Waals surface area (Å²) in [6.07, 6.45) is 6.05. The van der Waals surface area contributed by atoms with Crippen LogP contribution in [0, 0.1) is 5.82 Å². The maximum Gasteiger partial charge on any atom is 0.159 e. The van der Waals surface area contributed by atoms with Gasteiger partial charge < -0.3 is 10.1 Å². The molecule has 150 valence electrons. The third-order valence-corrected chi connectivity index (χ3v) is 5.18. The lowest BCUT2D eigenvalue weighted by Crippen LogP contribution is -2.41. The Morgan fingerprint density at radius 3 is 2.48 bits per heavy atom. The van der Waals surface area contributed by atoms with Gasteiger partial charge in [0.25, 0.3) is 0 Å². The highest BCUT2D eigenvalue weighted by Gasteiger charge is 2.20. The number of ether oxygens (including phenoxy) is 1. The molecule has 2 aromatic carbocycles. The molecular weight excluding hydrogens is 367 g/mol. The highest BCUT2D eigenvalue weighted by molar-refractivity contribution is 5.55. The third kappa shape index (κ3) is 5.09. The van der Waals surface area contributed by atoms with E-state index < -0.39 is 0 Å². The number of hydrogen-bond acceptors (Lipinski definition) is 5. The number of nitrogens with one attached hydrogen (secondary N) is 1. The Kier molecular flexibility index (Phi) is 6.00. The molecule has 5 nitrogen and oxygen atoms in total. The maximum absolute atomic E-state index is 13.1. The van der Waals surface area contributed by atoms with Crippen LogP contribution in [0.1, 0.15) is 18.4 Å². The average Bonchev–Trinajstić information content (AvgIpc) is 2.76. The lowest BCUT2D eigenvalue weighted by molar-refractivity contribution is 0.208. The Labute approximate surface area is 170 Å². The zero-order valence-electron chi connectivity index (χ0n) is 16.5. The molecule has 0 bridgehead atoms. The summed E-state index contributed by atoms with van der Waals surface area (Å²) in [6.45, 7) is 2.82. The van der Waals surface area contributed by atoms with E-state index in [1.54, 1.807) is 19.2 Å². The van der Waals surface area contributed by atoms with Crippen molar-refractivity contribution >= 4 is 5.69 Å². The van der Waals surface area contributed by atoms with Crippen LogP contribution in [0.15, 0.2) is 60.9 Å². The summed E-state index contributed by atoms with van der Waals surface area (Å²) in [5.41, 5.74) is 3.04. The summed E-state index contributed by atoms with van der Waals surface area (Å²) < 4.78 is 18.3. The van der Waals surface area contributed by atoms with E-state index in [1.165, 1.54) is 12.1 Å². The number of hydrogen-bond donors (Lipinski definition) is 1. The van der Waals surface area contributed by atoms with Gasteiger partial charge in [-0.25, -0.2) is 14.4 Å². The first-order valence-corrected chi connectivity index (χ1v) is 9.89. The molecule has 0 spiro atoms. The van der Waals surface area contributed by atoms with Crippen molar-refractivity contribution in [1.82, 2.24) is 14.9 Å². The Hall–Kier alpha value is -2.99. The van der Waals surface area contributed by atoms with Crippen molar-refractivity contribution < 1.29 is 9.13 Å². The molecule has 0 radical (unpaired) electrons. The SMILES string of the molecule is COc1ccc(-c2ncc(CN3CCCC(Nc4ccc(F)cc4)C3)cn2)cc1. The van der Waals surface area contributed by atoms with Gasteiger partial charge in [-0.15, -0.1) is 0 Å². The number of benzene rings is 2. The molecule has 29 heavy (non-hydrogen) atoms. The molecule has 1 N–H and O–H groups in total. The normalized spacial score (nSPS) is 17.1. The molecule has 1 aromatic heterocycles. The first-order valence-electron chi connectivity index (χ1n) is 9.89. The molecule has 4 rings (SSSR count). The van der Waals surface area contributed by atoms with Gasteiger partial charge in [0.1, 0.15) is 11.6 Å². The Balaban J connectivity index is 1.35. The average molecular weight is 392 g/mol. The van der Waals surface area contributed by atoms with Crippen molar-refractivity contribution in [2.45, 2.75) is 25.4 Å². The van der Waals surface area contributed by atoms with Crippen LogP contribution in [0.4, 0.5) is 10.1 Å². The maximum atomic E-state index is 13.1. The first-order chi connectivity index (χ1) is 14.2. The van der Waals surface area contributed by atoms with E-state index >= 15 is 0 Å². The minimum atomic E-state index is -0.209. The molecule has 1 saturated heterocycles. The van der Waals surface area contributed by atoms with E-state index in [0.717, 1.165) is 55.0 Å². The smallest absolute Gasteiger partial charge is 0.159 e. The quantitative estimate of drug-likeness (QED) is 0.675. The largest absolute Gasteiger partial charge is 0.497 e. The molecule has 0 aliphatic carbocycles. The van der Waals surface area contributed by atoms with E-state index in [1.807, 2.05) is 36.7 Å². The monoisotopic (exact) mass is 392 g/mol. The summed E-state index contributed by atoms with van der Waals surface area (Å²) in [7, 11) is 1.65. The summed E-state index contributed by atoms with van der Waals surface area (Å²) in [6, 6.07) is 14.7. The summed E-state index contributed by atoms with van der Waals surface area (Å²) in [5.74, 6) is 1.32. The molecule has 1 atom stereocenters. The molecule has 1 fully saturated rings. The van der Waals surface area contributed by atoms with Crippen LogP contribution in [0.2, 0.25) is 0 Å². The summed E-state index contributed by atoms with van der Waals surface area (Å²) in [4.78, 5) is 11.5. The topological polar surface area (TPSA) is 50.3 Å². The van der Waals surface area contributed by atoms with Gasteiger partial charge in [0.05, 0.1) is 7.11 Å². The van der Waals surface area contributed by atoms with Crippen LogP contribution in [0.25, 0.3) is 11.4 Å². The van der Waals surface area contributed by atoms with Gasteiger partial charge in [-0.1, -0.05) is 0 Å². The second kappa shape index (κ2) is 9.01. The number of halogens is 1. The second-order valence-electron chi connectivity index (χ2n) is 7.37. The Morgan fingerprint density at radius 1 is 1.07 bits per heavy atom.